The number of ether oxygens (including phenoxy) is 1. The number of nitrogen functional groups attached to an aromatic ring is 1. The van der Waals surface area contributed by atoms with Crippen LogP contribution < -0.4 is 5.73 Å². The van der Waals surface area contributed by atoms with Crippen LogP contribution in [0, 0.1) is 10.1 Å². The molecule has 21 heavy (non-hydrogen) atoms. The lowest BCUT2D eigenvalue weighted by atomic mass is 10.1. The van der Waals surface area contributed by atoms with E-state index in [1.807, 2.05) is 6.92 Å². The van der Waals surface area contributed by atoms with Gasteiger partial charge in [-0.25, -0.2) is 4.79 Å². The van der Waals surface area contributed by atoms with Gasteiger partial charge >= 0.3 is 5.97 Å². The topological polar surface area (TPSA) is 134 Å². The Balaban J connectivity index is 2.09. The highest BCUT2D eigenvalue weighted by atomic mass is 16.6. The first kappa shape index (κ1) is 14.4. The van der Waals surface area contributed by atoms with Crippen LogP contribution in [0.1, 0.15) is 29.1 Å². The van der Waals surface area contributed by atoms with Gasteiger partial charge in [-0.3, -0.25) is 10.1 Å². The van der Waals surface area contributed by atoms with Gasteiger partial charge in [0.25, 0.3) is 11.6 Å². The Morgan fingerprint density at radius 3 is 2.76 bits per heavy atom. The molecule has 9 heteroatoms. The first-order valence-corrected chi connectivity index (χ1v) is 6.03. The zero-order valence-corrected chi connectivity index (χ0v) is 11.1. The Morgan fingerprint density at radius 2 is 2.14 bits per heavy atom. The molecular formula is C12H12N4O5. The van der Waals surface area contributed by atoms with Crippen LogP contribution in [0.5, 0.6) is 0 Å². The third kappa shape index (κ3) is 3.32. The first-order chi connectivity index (χ1) is 10.0. The highest BCUT2D eigenvalue weighted by molar-refractivity contribution is 5.95. The summed E-state index contributed by atoms with van der Waals surface area (Å²) in [5, 5.41) is 18.1. The molecule has 1 heterocycles. The van der Waals surface area contributed by atoms with Gasteiger partial charge in [-0.15, -0.1) is 10.2 Å². The number of hydrogen-bond acceptors (Lipinski definition) is 8. The van der Waals surface area contributed by atoms with E-state index in [-0.39, 0.29) is 29.4 Å². The van der Waals surface area contributed by atoms with Gasteiger partial charge in [-0.1, -0.05) is 6.92 Å². The van der Waals surface area contributed by atoms with Crippen molar-refractivity contribution < 1.29 is 18.9 Å². The number of non-ortho nitro benzene ring substituents is 1. The summed E-state index contributed by atoms with van der Waals surface area (Å²) < 4.78 is 10.1. The third-order valence-electron chi connectivity index (χ3n) is 2.61. The van der Waals surface area contributed by atoms with E-state index in [4.69, 9.17) is 14.9 Å². The molecule has 110 valence electrons. The number of aromatic nitrogens is 2. The zero-order chi connectivity index (χ0) is 15.4. The number of rotatable bonds is 5. The normalized spacial score (nSPS) is 10.3. The Kier molecular flexibility index (Phi) is 4.12. The number of nitrogens with two attached hydrogens (primary N) is 1. The molecule has 1 aromatic heterocycles. The summed E-state index contributed by atoms with van der Waals surface area (Å²) in [7, 11) is 0. The van der Waals surface area contributed by atoms with E-state index in [2.05, 4.69) is 10.2 Å². The second-order valence-electron chi connectivity index (χ2n) is 4.05. The van der Waals surface area contributed by atoms with Crippen molar-refractivity contribution in [2.75, 3.05) is 5.73 Å². The third-order valence-corrected chi connectivity index (χ3v) is 2.61. The maximum absolute atomic E-state index is 11.9. The molecule has 0 unspecified atom stereocenters. The van der Waals surface area contributed by atoms with Crippen molar-refractivity contribution in [3.8, 4) is 0 Å². The van der Waals surface area contributed by atoms with Gasteiger partial charge < -0.3 is 14.9 Å². The Hall–Kier alpha value is -2.97. The molecule has 2 N–H and O–H groups in total. The molecule has 0 bridgehead atoms. The van der Waals surface area contributed by atoms with Crippen LogP contribution >= 0.6 is 0 Å². The fourth-order valence-electron chi connectivity index (χ4n) is 1.53. The van der Waals surface area contributed by atoms with Crippen molar-refractivity contribution in [3.05, 3.63) is 45.7 Å². The molecule has 9 nitrogen and oxygen atoms in total. The summed E-state index contributed by atoms with van der Waals surface area (Å²) in [5.41, 5.74) is 5.37. The number of aryl methyl sites for hydroxylation is 1. The van der Waals surface area contributed by atoms with E-state index in [0.29, 0.717) is 12.3 Å². The molecule has 0 aliphatic carbocycles. The van der Waals surface area contributed by atoms with Crippen LogP contribution in [0.4, 0.5) is 11.4 Å². The van der Waals surface area contributed by atoms with E-state index in [9.17, 15) is 14.9 Å². The lowest BCUT2D eigenvalue weighted by Crippen LogP contribution is -2.09. The molecule has 0 saturated carbocycles. The predicted molar refractivity (Wildman–Crippen MR) is 70.3 cm³/mol. The summed E-state index contributed by atoms with van der Waals surface area (Å²) in [5.74, 6) is -0.229. The number of benzene rings is 1. The molecule has 1 aromatic carbocycles. The maximum atomic E-state index is 11.9. The summed E-state index contributed by atoms with van der Waals surface area (Å²) in [6.45, 7) is 1.61. The summed E-state index contributed by atoms with van der Waals surface area (Å²) in [6, 6.07) is 3.54. The molecule has 0 amide bonds. The molecule has 0 aliphatic heterocycles. The van der Waals surface area contributed by atoms with Crippen LogP contribution in [0.3, 0.4) is 0 Å². The fraction of sp³-hybridized carbons (Fsp3) is 0.250. The smallest absolute Gasteiger partial charge is 0.341 e. The van der Waals surface area contributed by atoms with E-state index in [1.54, 1.807) is 0 Å². The van der Waals surface area contributed by atoms with Crippen molar-refractivity contribution in [2.24, 2.45) is 0 Å². The van der Waals surface area contributed by atoms with E-state index >= 15 is 0 Å². The van der Waals surface area contributed by atoms with Crippen molar-refractivity contribution in [2.45, 2.75) is 20.0 Å². The minimum absolute atomic E-state index is 0.0839. The molecule has 0 spiro atoms. The minimum Gasteiger partial charge on any atom is -0.452 e. The zero-order valence-electron chi connectivity index (χ0n) is 11.1. The van der Waals surface area contributed by atoms with Crippen LogP contribution in [0.25, 0.3) is 0 Å². The van der Waals surface area contributed by atoms with Crippen molar-refractivity contribution in [1.29, 1.82) is 0 Å². The monoisotopic (exact) mass is 292 g/mol. The molecule has 0 fully saturated rings. The lowest BCUT2D eigenvalue weighted by molar-refractivity contribution is -0.384. The number of anilines is 1. The maximum Gasteiger partial charge on any atom is 0.341 e. The van der Waals surface area contributed by atoms with Crippen LogP contribution in [0.15, 0.2) is 22.6 Å². The average Bonchev–Trinajstić information content (AvgIpc) is 2.93. The van der Waals surface area contributed by atoms with Crippen molar-refractivity contribution in [3.63, 3.8) is 0 Å². The Labute approximate surface area is 118 Å². The molecule has 0 aliphatic rings. The standard InChI is InChI=1S/C12H12N4O5/c1-2-10-14-15-11(21-10)6-20-12(17)8-5-7(16(18)19)3-4-9(8)13/h3-5H,2,6,13H2,1H3. The number of esters is 1. The van der Waals surface area contributed by atoms with Crippen LogP contribution in [-0.2, 0) is 17.8 Å². The fourth-order valence-corrected chi connectivity index (χ4v) is 1.53. The van der Waals surface area contributed by atoms with Gasteiger partial charge in [0.05, 0.1) is 10.5 Å². The summed E-state index contributed by atoms with van der Waals surface area (Å²) in [6.07, 6.45) is 0.568. The SMILES string of the molecule is CCc1nnc(COC(=O)c2cc([N+](=O)[O-])ccc2N)o1. The van der Waals surface area contributed by atoms with Gasteiger partial charge in [-0.05, 0) is 6.07 Å². The van der Waals surface area contributed by atoms with E-state index < -0.39 is 10.9 Å². The van der Waals surface area contributed by atoms with Crippen LogP contribution in [0.2, 0.25) is 0 Å². The second kappa shape index (κ2) is 5.99. The van der Waals surface area contributed by atoms with Gasteiger partial charge in [-0.2, -0.15) is 0 Å². The Morgan fingerprint density at radius 1 is 1.43 bits per heavy atom. The highest BCUT2D eigenvalue weighted by Gasteiger charge is 2.17. The van der Waals surface area contributed by atoms with Crippen LogP contribution in [-0.4, -0.2) is 21.1 Å². The van der Waals surface area contributed by atoms with Crippen molar-refractivity contribution >= 4 is 17.3 Å². The lowest BCUT2D eigenvalue weighted by Gasteiger charge is -2.05. The first-order valence-electron chi connectivity index (χ1n) is 6.03. The van der Waals surface area contributed by atoms with Gasteiger partial charge in [0.1, 0.15) is 0 Å². The van der Waals surface area contributed by atoms with Gasteiger partial charge in [0, 0.05) is 24.2 Å². The second-order valence-corrected chi connectivity index (χ2v) is 4.05. The molecule has 0 atom stereocenters. The minimum atomic E-state index is -0.799. The van der Waals surface area contributed by atoms with Gasteiger partial charge in [0.2, 0.25) is 5.89 Å². The molecule has 2 aromatic rings. The number of carbonyl (C=O) groups is 1. The molecule has 0 saturated heterocycles. The van der Waals surface area contributed by atoms with E-state index in [1.165, 1.54) is 12.1 Å². The highest BCUT2D eigenvalue weighted by Crippen LogP contribution is 2.20. The number of nitrogens with zero attached hydrogens (tertiary/aromatic N) is 3. The number of nitro benzene ring substituents is 1. The summed E-state index contributed by atoms with van der Waals surface area (Å²) >= 11 is 0. The largest absolute Gasteiger partial charge is 0.452 e. The molecule has 0 radical (unpaired) electrons. The Bertz CT molecular complexity index is 682. The number of hydrogen-bond donors (Lipinski definition) is 1. The molecule has 2 rings (SSSR count). The molecular weight excluding hydrogens is 280 g/mol. The quantitative estimate of drug-likeness (QED) is 0.379. The number of carbonyl (C=O) groups excluding carboxylic acids is 1. The van der Waals surface area contributed by atoms with Gasteiger partial charge in [0.15, 0.2) is 6.61 Å². The average molecular weight is 292 g/mol. The van der Waals surface area contributed by atoms with E-state index in [0.717, 1.165) is 6.07 Å². The number of nitro groups is 1. The predicted octanol–water partition coefficient (Wildman–Crippen LogP) is 1.48. The van der Waals surface area contributed by atoms with Crippen molar-refractivity contribution in [1.82, 2.24) is 10.2 Å². The summed E-state index contributed by atoms with van der Waals surface area (Å²) in [4.78, 5) is 21.9.